The summed E-state index contributed by atoms with van der Waals surface area (Å²) in [5.41, 5.74) is 1.97. The Balaban J connectivity index is 2.53. The molecule has 0 fully saturated rings. The number of aromatic amines is 1. The van der Waals surface area contributed by atoms with Crippen molar-refractivity contribution in [3.8, 4) is 11.3 Å². The maximum absolute atomic E-state index is 5.86. The fourth-order valence-electron chi connectivity index (χ4n) is 1.12. The van der Waals surface area contributed by atoms with Crippen LogP contribution in [0.5, 0.6) is 0 Å². The first-order chi connectivity index (χ1) is 6.27. The summed E-state index contributed by atoms with van der Waals surface area (Å²) in [6, 6.07) is 7.62. The van der Waals surface area contributed by atoms with Crippen LogP contribution in [0.15, 0.2) is 34.9 Å². The zero-order chi connectivity index (χ0) is 9.26. The van der Waals surface area contributed by atoms with Gasteiger partial charge in [-0.2, -0.15) is 5.10 Å². The van der Waals surface area contributed by atoms with Gasteiger partial charge in [0.05, 0.1) is 16.4 Å². The van der Waals surface area contributed by atoms with Crippen LogP contribution in [0.1, 0.15) is 0 Å². The number of halogens is 2. The second-order valence-electron chi connectivity index (χ2n) is 2.60. The Labute approximate surface area is 89.1 Å². The summed E-state index contributed by atoms with van der Waals surface area (Å²) < 4.78 is 0.940. The molecule has 0 saturated carbocycles. The van der Waals surface area contributed by atoms with Gasteiger partial charge in [0.2, 0.25) is 0 Å². The number of hydrogen-bond donors (Lipinski definition) is 1. The molecule has 0 spiro atoms. The number of benzene rings is 1. The Kier molecular flexibility index (Phi) is 2.38. The van der Waals surface area contributed by atoms with Crippen molar-refractivity contribution in [2.24, 2.45) is 0 Å². The molecule has 0 aliphatic rings. The van der Waals surface area contributed by atoms with E-state index in [1.165, 1.54) is 0 Å². The summed E-state index contributed by atoms with van der Waals surface area (Å²) >= 11 is 9.26. The van der Waals surface area contributed by atoms with Crippen LogP contribution in [0, 0.1) is 0 Å². The lowest BCUT2D eigenvalue weighted by atomic mass is 10.2. The van der Waals surface area contributed by atoms with Crippen LogP contribution in [-0.4, -0.2) is 10.2 Å². The first kappa shape index (κ1) is 8.78. The quantitative estimate of drug-likeness (QED) is 0.832. The predicted molar refractivity (Wildman–Crippen MR) is 56.7 cm³/mol. The molecule has 0 atom stereocenters. The number of rotatable bonds is 1. The average Bonchev–Trinajstić information content (AvgIpc) is 2.51. The minimum atomic E-state index is 0.721. The van der Waals surface area contributed by atoms with Crippen LogP contribution in [0.4, 0.5) is 0 Å². The summed E-state index contributed by atoms with van der Waals surface area (Å²) in [6.45, 7) is 0. The molecule has 0 radical (unpaired) electrons. The van der Waals surface area contributed by atoms with Crippen molar-refractivity contribution < 1.29 is 0 Å². The van der Waals surface area contributed by atoms with Gasteiger partial charge in [0.25, 0.3) is 0 Å². The molecule has 0 bridgehead atoms. The van der Waals surface area contributed by atoms with Gasteiger partial charge in [-0.15, -0.1) is 0 Å². The highest BCUT2D eigenvalue weighted by Crippen LogP contribution is 2.26. The van der Waals surface area contributed by atoms with E-state index in [9.17, 15) is 0 Å². The van der Waals surface area contributed by atoms with E-state index in [0.717, 1.165) is 20.8 Å². The lowest BCUT2D eigenvalue weighted by Crippen LogP contribution is -1.78. The van der Waals surface area contributed by atoms with Gasteiger partial charge in [-0.05, 0) is 28.1 Å². The number of H-pyrrole nitrogens is 1. The minimum Gasteiger partial charge on any atom is -0.277 e. The standard InChI is InChI=1S/C9H6BrClN2/c10-8-5-12-13-9(8)6-2-1-3-7(11)4-6/h1-5H,(H,12,13). The average molecular weight is 258 g/mol. The third-order valence-electron chi connectivity index (χ3n) is 1.71. The second kappa shape index (κ2) is 3.52. The van der Waals surface area contributed by atoms with Crippen molar-refractivity contribution in [3.63, 3.8) is 0 Å². The number of nitrogens with one attached hydrogen (secondary N) is 1. The van der Waals surface area contributed by atoms with Crippen molar-refractivity contribution in [1.29, 1.82) is 0 Å². The fourth-order valence-corrected chi connectivity index (χ4v) is 1.73. The van der Waals surface area contributed by atoms with Gasteiger partial charge in [-0.3, -0.25) is 5.10 Å². The molecule has 1 N–H and O–H groups in total. The van der Waals surface area contributed by atoms with Crippen molar-refractivity contribution in [3.05, 3.63) is 40.0 Å². The highest BCUT2D eigenvalue weighted by molar-refractivity contribution is 9.10. The molecular weight excluding hydrogens is 251 g/mol. The Bertz CT molecular complexity index is 425. The van der Waals surface area contributed by atoms with E-state index in [4.69, 9.17) is 11.6 Å². The molecule has 0 unspecified atom stereocenters. The maximum Gasteiger partial charge on any atom is 0.0792 e. The summed E-state index contributed by atoms with van der Waals surface area (Å²) in [7, 11) is 0. The molecule has 2 rings (SSSR count). The maximum atomic E-state index is 5.86. The van der Waals surface area contributed by atoms with Crippen molar-refractivity contribution in [1.82, 2.24) is 10.2 Å². The van der Waals surface area contributed by atoms with Crippen LogP contribution < -0.4 is 0 Å². The van der Waals surface area contributed by atoms with E-state index in [2.05, 4.69) is 26.1 Å². The Hall–Kier alpha value is -0.800. The van der Waals surface area contributed by atoms with Crippen LogP contribution in [-0.2, 0) is 0 Å². The van der Waals surface area contributed by atoms with Crippen molar-refractivity contribution >= 4 is 27.5 Å². The third-order valence-corrected chi connectivity index (χ3v) is 2.54. The van der Waals surface area contributed by atoms with Gasteiger partial charge in [-0.1, -0.05) is 23.7 Å². The van der Waals surface area contributed by atoms with E-state index in [0.29, 0.717) is 0 Å². The predicted octanol–water partition coefficient (Wildman–Crippen LogP) is 3.49. The molecule has 0 saturated heterocycles. The molecule has 0 amide bonds. The molecular formula is C9H6BrClN2. The lowest BCUT2D eigenvalue weighted by Gasteiger charge is -1.98. The topological polar surface area (TPSA) is 28.7 Å². The molecule has 2 aromatic rings. The largest absolute Gasteiger partial charge is 0.277 e. The van der Waals surface area contributed by atoms with Crippen molar-refractivity contribution in [2.45, 2.75) is 0 Å². The van der Waals surface area contributed by atoms with Gasteiger partial charge < -0.3 is 0 Å². The van der Waals surface area contributed by atoms with Crippen LogP contribution in [0.2, 0.25) is 5.02 Å². The smallest absolute Gasteiger partial charge is 0.0792 e. The Morgan fingerprint density at radius 3 is 2.85 bits per heavy atom. The van der Waals surface area contributed by atoms with Crippen LogP contribution in [0.3, 0.4) is 0 Å². The monoisotopic (exact) mass is 256 g/mol. The summed E-state index contributed by atoms with van der Waals surface area (Å²) in [5.74, 6) is 0. The summed E-state index contributed by atoms with van der Waals surface area (Å²) in [5, 5.41) is 7.53. The summed E-state index contributed by atoms with van der Waals surface area (Å²) in [6.07, 6.45) is 1.72. The first-order valence-electron chi connectivity index (χ1n) is 3.72. The SMILES string of the molecule is Clc1cccc(-c2[nH]ncc2Br)c1. The van der Waals surface area contributed by atoms with E-state index in [1.54, 1.807) is 6.20 Å². The van der Waals surface area contributed by atoms with Gasteiger partial charge in [0.1, 0.15) is 0 Å². The number of aromatic nitrogens is 2. The van der Waals surface area contributed by atoms with Gasteiger partial charge in [0, 0.05) is 10.6 Å². The fraction of sp³-hybridized carbons (Fsp3) is 0. The molecule has 4 heteroatoms. The van der Waals surface area contributed by atoms with Crippen LogP contribution in [0.25, 0.3) is 11.3 Å². The molecule has 2 nitrogen and oxygen atoms in total. The molecule has 0 aliphatic carbocycles. The Morgan fingerprint density at radius 1 is 1.38 bits per heavy atom. The molecule has 1 heterocycles. The molecule has 66 valence electrons. The molecule has 13 heavy (non-hydrogen) atoms. The molecule has 1 aromatic heterocycles. The normalized spacial score (nSPS) is 10.3. The van der Waals surface area contributed by atoms with E-state index >= 15 is 0 Å². The molecule has 1 aromatic carbocycles. The zero-order valence-corrected chi connectivity index (χ0v) is 8.93. The first-order valence-corrected chi connectivity index (χ1v) is 4.89. The number of hydrogen-bond acceptors (Lipinski definition) is 1. The lowest BCUT2D eigenvalue weighted by molar-refractivity contribution is 1.10. The Morgan fingerprint density at radius 2 is 2.23 bits per heavy atom. The van der Waals surface area contributed by atoms with E-state index in [-0.39, 0.29) is 0 Å². The van der Waals surface area contributed by atoms with Gasteiger partial charge in [-0.25, -0.2) is 0 Å². The highest BCUT2D eigenvalue weighted by Gasteiger charge is 2.04. The van der Waals surface area contributed by atoms with Gasteiger partial charge in [0.15, 0.2) is 0 Å². The third kappa shape index (κ3) is 1.76. The minimum absolute atomic E-state index is 0.721. The van der Waals surface area contributed by atoms with Gasteiger partial charge >= 0.3 is 0 Å². The highest BCUT2D eigenvalue weighted by atomic mass is 79.9. The zero-order valence-electron chi connectivity index (χ0n) is 6.59. The van der Waals surface area contributed by atoms with Crippen LogP contribution >= 0.6 is 27.5 Å². The van der Waals surface area contributed by atoms with E-state index in [1.807, 2.05) is 24.3 Å². The molecule has 0 aliphatic heterocycles. The second-order valence-corrected chi connectivity index (χ2v) is 3.89. The van der Waals surface area contributed by atoms with E-state index < -0.39 is 0 Å². The number of nitrogens with zero attached hydrogens (tertiary/aromatic N) is 1. The van der Waals surface area contributed by atoms with Crippen molar-refractivity contribution in [2.75, 3.05) is 0 Å². The summed E-state index contributed by atoms with van der Waals surface area (Å²) in [4.78, 5) is 0.